The predicted molar refractivity (Wildman–Crippen MR) is 112 cm³/mol. The fourth-order valence-electron chi connectivity index (χ4n) is 3.50. The number of nitrogens with one attached hydrogen (secondary N) is 1. The lowest BCUT2D eigenvalue weighted by molar-refractivity contribution is -0.119. The van der Waals surface area contributed by atoms with E-state index < -0.39 is 0 Å². The van der Waals surface area contributed by atoms with E-state index in [-0.39, 0.29) is 29.5 Å². The lowest BCUT2D eigenvalue weighted by Gasteiger charge is -2.25. The average Bonchev–Trinajstić information content (AvgIpc) is 2.76. The number of carbonyl (C=O) groups excluding carboxylic acids is 2. The Hall–Kier alpha value is -3.16. The zero-order chi connectivity index (χ0) is 21.8. The average molecular weight is 413 g/mol. The van der Waals surface area contributed by atoms with Crippen molar-refractivity contribution in [2.75, 3.05) is 26.6 Å². The maximum atomic E-state index is 12.7. The van der Waals surface area contributed by atoms with Crippen molar-refractivity contribution >= 4 is 17.6 Å². The quantitative estimate of drug-likeness (QED) is 0.742. The van der Waals surface area contributed by atoms with Crippen LogP contribution in [0.1, 0.15) is 54.2 Å². The monoisotopic (exact) mass is 413 g/mol. The lowest BCUT2D eigenvalue weighted by Crippen LogP contribution is -2.24. The van der Waals surface area contributed by atoms with E-state index in [0.29, 0.717) is 41.3 Å². The molecule has 8 heteroatoms. The van der Waals surface area contributed by atoms with Crippen molar-refractivity contribution in [3.8, 4) is 17.2 Å². The first kappa shape index (κ1) is 21.5. The molecule has 0 radical (unpaired) electrons. The number of ketones is 1. The van der Waals surface area contributed by atoms with Crippen molar-refractivity contribution in [1.29, 1.82) is 0 Å². The Kier molecular flexibility index (Phi) is 6.54. The number of Topliss-reactive ketones (excluding diaryl/α,β-unsaturated/α-hetero) is 1. The second-order valence-corrected chi connectivity index (χ2v) is 7.34. The summed E-state index contributed by atoms with van der Waals surface area (Å²) < 4.78 is 16.3. The molecule has 0 saturated heterocycles. The van der Waals surface area contributed by atoms with Gasteiger partial charge in [0.05, 0.1) is 32.6 Å². The Labute approximate surface area is 176 Å². The fourth-order valence-corrected chi connectivity index (χ4v) is 3.50. The summed E-state index contributed by atoms with van der Waals surface area (Å²) >= 11 is 0. The van der Waals surface area contributed by atoms with Gasteiger partial charge in [0.15, 0.2) is 17.3 Å². The zero-order valence-electron chi connectivity index (χ0n) is 17.9. The molecule has 30 heavy (non-hydrogen) atoms. The van der Waals surface area contributed by atoms with E-state index in [0.717, 1.165) is 12.0 Å². The summed E-state index contributed by atoms with van der Waals surface area (Å²) in [7, 11) is 4.66. The Morgan fingerprint density at radius 2 is 1.83 bits per heavy atom. The number of rotatable bonds is 7. The van der Waals surface area contributed by atoms with Gasteiger partial charge in [-0.1, -0.05) is 13.8 Å². The molecular weight excluding hydrogens is 386 g/mol. The number of fused-ring (bicyclic) bond motifs is 1. The molecule has 1 heterocycles. The zero-order valence-corrected chi connectivity index (χ0v) is 17.9. The molecule has 160 valence electrons. The van der Waals surface area contributed by atoms with Crippen LogP contribution in [0, 0.1) is 5.92 Å². The van der Waals surface area contributed by atoms with Gasteiger partial charge in [0.1, 0.15) is 0 Å². The van der Waals surface area contributed by atoms with Gasteiger partial charge in [0.25, 0.3) is 0 Å². The van der Waals surface area contributed by atoms with Crippen molar-refractivity contribution in [1.82, 2.24) is 9.97 Å². The van der Waals surface area contributed by atoms with Gasteiger partial charge >= 0.3 is 0 Å². The number of amides is 1. The van der Waals surface area contributed by atoms with Crippen molar-refractivity contribution in [2.24, 2.45) is 5.92 Å². The minimum absolute atomic E-state index is 0.0326. The molecule has 1 N–H and O–H groups in total. The summed E-state index contributed by atoms with van der Waals surface area (Å²) in [5.74, 6) is 1.38. The van der Waals surface area contributed by atoms with Gasteiger partial charge < -0.3 is 14.2 Å². The molecule has 0 bridgehead atoms. The summed E-state index contributed by atoms with van der Waals surface area (Å²) in [5.41, 5.74) is 2.02. The molecule has 2 unspecified atom stereocenters. The van der Waals surface area contributed by atoms with Crippen LogP contribution in [-0.4, -0.2) is 43.0 Å². The number of anilines is 1. The Bertz CT molecular complexity index is 935. The molecule has 1 aliphatic rings. The molecule has 1 aliphatic carbocycles. The van der Waals surface area contributed by atoms with Crippen LogP contribution < -0.4 is 19.5 Å². The maximum Gasteiger partial charge on any atom is 0.229 e. The van der Waals surface area contributed by atoms with E-state index in [2.05, 4.69) is 15.3 Å². The van der Waals surface area contributed by atoms with E-state index in [4.69, 9.17) is 14.2 Å². The van der Waals surface area contributed by atoms with Gasteiger partial charge in [-0.3, -0.25) is 14.9 Å². The molecule has 1 aromatic carbocycles. The van der Waals surface area contributed by atoms with E-state index in [9.17, 15) is 9.59 Å². The third-order valence-corrected chi connectivity index (χ3v) is 5.49. The van der Waals surface area contributed by atoms with Gasteiger partial charge in [-0.05, 0) is 36.5 Å². The molecule has 2 aromatic rings. The van der Waals surface area contributed by atoms with E-state index in [1.807, 2.05) is 26.0 Å². The molecule has 1 aromatic heterocycles. The molecule has 0 aliphatic heterocycles. The maximum absolute atomic E-state index is 12.7. The van der Waals surface area contributed by atoms with Crippen molar-refractivity contribution in [3.63, 3.8) is 0 Å². The molecule has 0 spiro atoms. The summed E-state index contributed by atoms with van der Waals surface area (Å²) in [5, 5.41) is 2.73. The van der Waals surface area contributed by atoms with E-state index in [1.54, 1.807) is 21.3 Å². The summed E-state index contributed by atoms with van der Waals surface area (Å²) in [6, 6.07) is 3.72. The smallest absolute Gasteiger partial charge is 0.229 e. The van der Waals surface area contributed by atoms with Crippen molar-refractivity contribution in [3.05, 3.63) is 35.2 Å². The molecule has 1 amide bonds. The van der Waals surface area contributed by atoms with E-state index in [1.165, 1.54) is 6.20 Å². The number of nitrogens with zero attached hydrogens (tertiary/aromatic N) is 2. The summed E-state index contributed by atoms with van der Waals surface area (Å²) in [6.07, 6.45) is 3.09. The number of methoxy groups -OCH3 is 3. The first-order valence-corrected chi connectivity index (χ1v) is 9.91. The summed E-state index contributed by atoms with van der Waals surface area (Å²) in [6.45, 7) is 3.79. The molecule has 8 nitrogen and oxygen atoms in total. The second kappa shape index (κ2) is 9.11. The van der Waals surface area contributed by atoms with Crippen LogP contribution in [0.15, 0.2) is 18.3 Å². The standard InChI is InChI=1S/C22H27N3O5/c1-6-12(2)21(27)25-22-23-11-15-16(24-22)7-13(8-17(15)26)14-9-18(28-3)20(30-5)19(10-14)29-4/h9-13H,6-8H2,1-5H3,(H,23,24,25,27). The highest BCUT2D eigenvalue weighted by molar-refractivity contribution is 5.99. The number of ether oxygens (including phenoxy) is 3. The van der Waals surface area contributed by atoms with Gasteiger partial charge in [0.2, 0.25) is 17.6 Å². The molecular formula is C22H27N3O5. The SMILES string of the molecule is CCC(C)C(=O)Nc1ncc2c(n1)CC(c1cc(OC)c(OC)c(OC)c1)CC2=O. The van der Waals surface area contributed by atoms with Crippen LogP contribution in [0.3, 0.4) is 0 Å². The van der Waals surface area contributed by atoms with Crippen LogP contribution in [-0.2, 0) is 11.2 Å². The number of carbonyl (C=O) groups is 2. The van der Waals surface area contributed by atoms with Crippen LogP contribution >= 0.6 is 0 Å². The molecule has 0 fully saturated rings. The number of hydrogen-bond acceptors (Lipinski definition) is 7. The second-order valence-electron chi connectivity index (χ2n) is 7.34. The topological polar surface area (TPSA) is 99.6 Å². The van der Waals surface area contributed by atoms with Gasteiger partial charge in [-0.2, -0.15) is 0 Å². The van der Waals surface area contributed by atoms with Crippen LogP contribution in [0.2, 0.25) is 0 Å². The van der Waals surface area contributed by atoms with Crippen LogP contribution in [0.5, 0.6) is 17.2 Å². The predicted octanol–water partition coefficient (Wildman–Crippen LogP) is 3.40. The van der Waals surface area contributed by atoms with Gasteiger partial charge in [0, 0.05) is 18.5 Å². The highest BCUT2D eigenvalue weighted by atomic mass is 16.5. The Morgan fingerprint density at radius 1 is 1.17 bits per heavy atom. The normalized spacial score (nSPS) is 16.4. The lowest BCUT2D eigenvalue weighted by atomic mass is 9.82. The van der Waals surface area contributed by atoms with Gasteiger partial charge in [-0.25, -0.2) is 9.97 Å². The van der Waals surface area contributed by atoms with Gasteiger partial charge in [-0.15, -0.1) is 0 Å². The minimum Gasteiger partial charge on any atom is -0.493 e. The Morgan fingerprint density at radius 3 is 2.40 bits per heavy atom. The highest BCUT2D eigenvalue weighted by Gasteiger charge is 2.30. The summed E-state index contributed by atoms with van der Waals surface area (Å²) in [4.78, 5) is 33.5. The largest absolute Gasteiger partial charge is 0.493 e. The minimum atomic E-state index is -0.141. The first-order chi connectivity index (χ1) is 14.4. The highest BCUT2D eigenvalue weighted by Crippen LogP contribution is 2.42. The fraction of sp³-hybridized carbons (Fsp3) is 0.455. The van der Waals surface area contributed by atoms with Crippen LogP contribution in [0.25, 0.3) is 0 Å². The number of aromatic nitrogens is 2. The first-order valence-electron chi connectivity index (χ1n) is 9.91. The number of benzene rings is 1. The third-order valence-electron chi connectivity index (χ3n) is 5.49. The third kappa shape index (κ3) is 4.22. The van der Waals surface area contributed by atoms with E-state index >= 15 is 0 Å². The Balaban J connectivity index is 1.92. The molecule has 3 rings (SSSR count). The molecule has 0 saturated carbocycles. The van der Waals surface area contributed by atoms with Crippen molar-refractivity contribution < 1.29 is 23.8 Å². The number of hydrogen-bond donors (Lipinski definition) is 1. The van der Waals surface area contributed by atoms with Crippen LogP contribution in [0.4, 0.5) is 5.95 Å². The van der Waals surface area contributed by atoms with Crippen molar-refractivity contribution in [2.45, 2.75) is 39.0 Å². The molecule has 2 atom stereocenters.